The van der Waals surface area contributed by atoms with Gasteiger partial charge in [0.25, 0.3) is 5.56 Å². The molecule has 19 heavy (non-hydrogen) atoms. The molecule has 0 aliphatic heterocycles. The smallest absolute Gasteiger partial charge is 0.271 e. The Balaban J connectivity index is 1.83. The SMILES string of the molecule is O=c1[nH]c2nonc2nc1CCc1ccc(Br)cc1. The number of halogens is 1. The Hall–Kier alpha value is -2.02. The van der Waals surface area contributed by atoms with Crippen molar-refractivity contribution in [1.29, 1.82) is 0 Å². The first-order valence-corrected chi connectivity index (χ1v) is 6.47. The molecule has 3 aromatic rings. The summed E-state index contributed by atoms with van der Waals surface area (Å²) in [4.78, 5) is 18.5. The Morgan fingerprint density at radius 2 is 1.95 bits per heavy atom. The fourth-order valence-electron chi connectivity index (χ4n) is 1.78. The van der Waals surface area contributed by atoms with Gasteiger partial charge >= 0.3 is 0 Å². The molecule has 96 valence electrons. The Kier molecular flexibility index (Phi) is 3.12. The van der Waals surface area contributed by atoms with Crippen LogP contribution in [0.2, 0.25) is 0 Å². The molecule has 0 unspecified atom stereocenters. The van der Waals surface area contributed by atoms with Gasteiger partial charge in [0.2, 0.25) is 11.3 Å². The maximum atomic E-state index is 11.8. The number of rotatable bonds is 3. The first-order chi connectivity index (χ1) is 9.22. The maximum Gasteiger partial charge on any atom is 0.271 e. The highest BCUT2D eigenvalue weighted by Gasteiger charge is 2.08. The van der Waals surface area contributed by atoms with Gasteiger partial charge in [-0.1, -0.05) is 28.1 Å². The van der Waals surface area contributed by atoms with Crippen LogP contribution >= 0.6 is 15.9 Å². The van der Waals surface area contributed by atoms with Gasteiger partial charge < -0.3 is 0 Å². The van der Waals surface area contributed by atoms with Crippen molar-refractivity contribution in [2.24, 2.45) is 0 Å². The second kappa shape index (κ2) is 4.93. The molecular formula is C12H9BrN4O2. The summed E-state index contributed by atoms with van der Waals surface area (Å²) in [5.74, 6) is 0. The first kappa shape index (κ1) is 12.0. The molecule has 7 heteroatoms. The molecule has 0 amide bonds. The molecule has 3 rings (SSSR count). The average molecular weight is 321 g/mol. The zero-order valence-electron chi connectivity index (χ0n) is 9.76. The number of H-pyrrole nitrogens is 1. The molecule has 0 aliphatic carbocycles. The molecule has 0 spiro atoms. The lowest BCUT2D eigenvalue weighted by molar-refractivity contribution is 0.314. The molecule has 0 saturated heterocycles. The van der Waals surface area contributed by atoms with Gasteiger partial charge in [-0.25, -0.2) is 9.61 Å². The monoisotopic (exact) mass is 320 g/mol. The molecule has 1 N–H and O–H groups in total. The van der Waals surface area contributed by atoms with Crippen LogP contribution in [0.4, 0.5) is 0 Å². The number of fused-ring (bicyclic) bond motifs is 1. The van der Waals surface area contributed by atoms with Crippen LogP contribution in [0.15, 0.2) is 38.2 Å². The van der Waals surface area contributed by atoms with Crippen molar-refractivity contribution in [2.75, 3.05) is 0 Å². The van der Waals surface area contributed by atoms with Crippen LogP contribution in [-0.2, 0) is 12.8 Å². The van der Waals surface area contributed by atoms with E-state index in [-0.39, 0.29) is 11.2 Å². The highest BCUT2D eigenvalue weighted by atomic mass is 79.9. The minimum absolute atomic E-state index is 0.250. The number of benzene rings is 1. The Morgan fingerprint density at radius 3 is 2.74 bits per heavy atom. The van der Waals surface area contributed by atoms with E-state index in [4.69, 9.17) is 0 Å². The molecule has 0 bridgehead atoms. The van der Waals surface area contributed by atoms with Crippen molar-refractivity contribution >= 4 is 27.2 Å². The third kappa shape index (κ3) is 2.55. The highest BCUT2D eigenvalue weighted by Crippen LogP contribution is 2.12. The largest absolute Gasteiger partial charge is 0.299 e. The zero-order valence-corrected chi connectivity index (χ0v) is 11.3. The summed E-state index contributed by atoms with van der Waals surface area (Å²) in [7, 11) is 0. The second-order valence-corrected chi connectivity index (χ2v) is 4.99. The minimum atomic E-state index is -0.250. The third-order valence-corrected chi connectivity index (χ3v) is 3.30. The van der Waals surface area contributed by atoms with E-state index in [0.717, 1.165) is 16.5 Å². The van der Waals surface area contributed by atoms with E-state index in [0.29, 0.717) is 17.8 Å². The fourth-order valence-corrected chi connectivity index (χ4v) is 2.04. The van der Waals surface area contributed by atoms with E-state index < -0.39 is 0 Å². The lowest BCUT2D eigenvalue weighted by atomic mass is 10.1. The molecule has 1 aromatic carbocycles. The number of nitrogens with zero attached hydrogens (tertiary/aromatic N) is 3. The normalized spacial score (nSPS) is 11.0. The van der Waals surface area contributed by atoms with Crippen molar-refractivity contribution in [3.63, 3.8) is 0 Å². The summed E-state index contributed by atoms with van der Waals surface area (Å²) >= 11 is 3.38. The molecular weight excluding hydrogens is 312 g/mol. The molecule has 0 atom stereocenters. The summed E-state index contributed by atoms with van der Waals surface area (Å²) in [6.45, 7) is 0. The van der Waals surface area contributed by atoms with Gasteiger partial charge in [0.15, 0.2) is 0 Å². The minimum Gasteiger partial charge on any atom is -0.299 e. The van der Waals surface area contributed by atoms with Crippen molar-refractivity contribution in [2.45, 2.75) is 12.8 Å². The molecule has 0 saturated carbocycles. The Labute approximate surface area is 116 Å². The molecule has 0 radical (unpaired) electrons. The molecule has 2 aromatic heterocycles. The number of hydrogen-bond acceptors (Lipinski definition) is 5. The molecule has 0 fully saturated rings. The number of aryl methyl sites for hydroxylation is 2. The van der Waals surface area contributed by atoms with E-state index in [1.54, 1.807) is 0 Å². The Morgan fingerprint density at radius 1 is 1.16 bits per heavy atom. The van der Waals surface area contributed by atoms with Gasteiger partial charge in [-0.2, -0.15) is 0 Å². The van der Waals surface area contributed by atoms with Crippen molar-refractivity contribution in [1.82, 2.24) is 20.3 Å². The van der Waals surface area contributed by atoms with Crippen LogP contribution in [0, 0.1) is 0 Å². The molecule has 0 aliphatic rings. The summed E-state index contributed by atoms with van der Waals surface area (Å²) in [6.07, 6.45) is 1.28. The predicted molar refractivity (Wildman–Crippen MR) is 71.8 cm³/mol. The lowest BCUT2D eigenvalue weighted by Crippen LogP contribution is -2.15. The van der Waals surface area contributed by atoms with Gasteiger partial charge in [0.05, 0.1) is 0 Å². The van der Waals surface area contributed by atoms with Gasteiger partial charge in [-0.3, -0.25) is 9.78 Å². The van der Waals surface area contributed by atoms with Crippen LogP contribution in [0.25, 0.3) is 11.3 Å². The summed E-state index contributed by atoms with van der Waals surface area (Å²) < 4.78 is 5.54. The van der Waals surface area contributed by atoms with E-state index in [2.05, 4.69) is 40.8 Å². The first-order valence-electron chi connectivity index (χ1n) is 5.68. The van der Waals surface area contributed by atoms with Crippen LogP contribution < -0.4 is 5.56 Å². The third-order valence-electron chi connectivity index (χ3n) is 2.77. The summed E-state index contributed by atoms with van der Waals surface area (Å²) in [5.41, 5.74) is 1.93. The predicted octanol–water partition coefficient (Wildman–Crippen LogP) is 1.85. The van der Waals surface area contributed by atoms with E-state index >= 15 is 0 Å². The number of aromatic amines is 1. The van der Waals surface area contributed by atoms with Crippen LogP contribution in [0.1, 0.15) is 11.3 Å². The summed E-state index contributed by atoms with van der Waals surface area (Å²) in [5, 5.41) is 7.15. The van der Waals surface area contributed by atoms with Crippen LogP contribution in [-0.4, -0.2) is 20.3 Å². The lowest BCUT2D eigenvalue weighted by Gasteiger charge is -2.00. The van der Waals surface area contributed by atoms with Crippen molar-refractivity contribution in [3.05, 3.63) is 50.3 Å². The van der Waals surface area contributed by atoms with Crippen molar-refractivity contribution < 1.29 is 4.63 Å². The number of aromatic nitrogens is 4. The number of nitrogens with one attached hydrogen (secondary N) is 1. The topological polar surface area (TPSA) is 84.7 Å². The standard InChI is InChI=1S/C12H9BrN4O2/c13-8-4-1-7(2-5-8)3-6-9-12(18)15-11-10(14-9)16-19-17-11/h1-2,4-5H,3,6H2,(H,15,17,18). The Bertz CT molecular complexity index is 763. The summed E-state index contributed by atoms with van der Waals surface area (Å²) in [6, 6.07) is 7.96. The second-order valence-electron chi connectivity index (χ2n) is 4.08. The van der Waals surface area contributed by atoms with E-state index in [9.17, 15) is 4.79 Å². The maximum absolute atomic E-state index is 11.8. The van der Waals surface area contributed by atoms with Crippen LogP contribution in [0.5, 0.6) is 0 Å². The van der Waals surface area contributed by atoms with Gasteiger partial charge in [-0.05, 0) is 40.9 Å². The average Bonchev–Trinajstić information content (AvgIpc) is 2.85. The van der Waals surface area contributed by atoms with Crippen molar-refractivity contribution in [3.8, 4) is 0 Å². The molecule has 2 heterocycles. The van der Waals surface area contributed by atoms with E-state index in [1.807, 2.05) is 24.3 Å². The number of hydrogen-bond donors (Lipinski definition) is 1. The van der Waals surface area contributed by atoms with Gasteiger partial charge in [-0.15, -0.1) is 0 Å². The zero-order chi connectivity index (χ0) is 13.2. The van der Waals surface area contributed by atoms with E-state index in [1.165, 1.54) is 0 Å². The van der Waals surface area contributed by atoms with Gasteiger partial charge in [0, 0.05) is 4.47 Å². The molecule has 6 nitrogen and oxygen atoms in total. The quantitative estimate of drug-likeness (QED) is 0.796. The van der Waals surface area contributed by atoms with Crippen LogP contribution in [0.3, 0.4) is 0 Å². The van der Waals surface area contributed by atoms with Gasteiger partial charge in [0.1, 0.15) is 5.69 Å². The highest BCUT2D eigenvalue weighted by molar-refractivity contribution is 9.10. The fraction of sp³-hybridized carbons (Fsp3) is 0.167.